The maximum absolute atomic E-state index is 12.3. The van der Waals surface area contributed by atoms with Gasteiger partial charge in [0.2, 0.25) is 0 Å². The molecule has 0 aliphatic rings. The monoisotopic (exact) mass is 325 g/mol. The Morgan fingerprint density at radius 3 is 2.71 bits per heavy atom. The van der Waals surface area contributed by atoms with E-state index in [1.807, 2.05) is 13.0 Å². The summed E-state index contributed by atoms with van der Waals surface area (Å²) in [7, 11) is -3.54. The Labute approximate surface area is 129 Å². The molecule has 2 aromatic rings. The minimum absolute atomic E-state index is 0.316. The molecule has 0 atom stereocenters. The lowest BCUT2D eigenvalue weighted by atomic mass is 10.4. The molecule has 7 heteroatoms. The highest BCUT2D eigenvalue weighted by molar-refractivity contribution is 7.94. The molecule has 2 rings (SSSR count). The van der Waals surface area contributed by atoms with Crippen molar-refractivity contribution in [2.24, 2.45) is 0 Å². The third-order valence-electron chi connectivity index (χ3n) is 2.79. The van der Waals surface area contributed by atoms with E-state index in [0.29, 0.717) is 16.4 Å². The average Bonchev–Trinajstić information content (AvgIpc) is 2.91. The van der Waals surface area contributed by atoms with Crippen molar-refractivity contribution in [1.82, 2.24) is 10.3 Å². The van der Waals surface area contributed by atoms with Crippen LogP contribution in [0.4, 0.5) is 5.69 Å². The van der Waals surface area contributed by atoms with Crippen LogP contribution in [0.5, 0.6) is 0 Å². The molecule has 0 amide bonds. The molecule has 0 bridgehead atoms. The quantitative estimate of drug-likeness (QED) is 0.768. The first-order valence-corrected chi connectivity index (χ1v) is 9.06. The fourth-order valence-electron chi connectivity index (χ4n) is 1.72. The maximum atomic E-state index is 12.3. The summed E-state index contributed by atoms with van der Waals surface area (Å²) in [6.45, 7) is 5.57. The molecule has 0 spiro atoms. The highest BCUT2D eigenvalue weighted by Crippen LogP contribution is 2.23. The van der Waals surface area contributed by atoms with Gasteiger partial charge in [0.1, 0.15) is 4.21 Å². The molecule has 0 aliphatic heterocycles. The van der Waals surface area contributed by atoms with E-state index in [2.05, 4.69) is 21.9 Å². The Kier molecular flexibility index (Phi) is 5.33. The zero-order valence-corrected chi connectivity index (χ0v) is 13.7. The van der Waals surface area contributed by atoms with Gasteiger partial charge in [-0.05, 0) is 44.2 Å². The molecule has 0 radical (unpaired) electrons. The number of hydrogen-bond donors (Lipinski definition) is 2. The Morgan fingerprint density at radius 1 is 1.24 bits per heavy atom. The second kappa shape index (κ2) is 7.02. The van der Waals surface area contributed by atoms with Crippen molar-refractivity contribution >= 4 is 27.0 Å². The number of rotatable bonds is 7. The van der Waals surface area contributed by atoms with Gasteiger partial charge in [0.15, 0.2) is 0 Å². The van der Waals surface area contributed by atoms with Gasteiger partial charge >= 0.3 is 0 Å². The molecular formula is C14H19N3O2S2. The summed E-state index contributed by atoms with van der Waals surface area (Å²) in [6, 6.07) is 6.95. The number of aryl methyl sites for hydroxylation is 1. The van der Waals surface area contributed by atoms with Crippen LogP contribution in [0.1, 0.15) is 23.9 Å². The van der Waals surface area contributed by atoms with Crippen molar-refractivity contribution in [3.8, 4) is 0 Å². The van der Waals surface area contributed by atoms with E-state index in [1.54, 1.807) is 18.2 Å². The average molecular weight is 325 g/mol. The van der Waals surface area contributed by atoms with Gasteiger partial charge in [-0.1, -0.05) is 6.92 Å². The molecule has 0 aliphatic carbocycles. The van der Waals surface area contributed by atoms with Crippen molar-refractivity contribution < 1.29 is 8.42 Å². The van der Waals surface area contributed by atoms with E-state index in [1.165, 1.54) is 17.5 Å². The number of hydrogen-bond acceptors (Lipinski definition) is 5. The molecule has 2 heterocycles. The van der Waals surface area contributed by atoms with Crippen LogP contribution < -0.4 is 10.0 Å². The topological polar surface area (TPSA) is 71.1 Å². The molecule has 21 heavy (non-hydrogen) atoms. The molecule has 0 saturated heterocycles. The Morgan fingerprint density at radius 2 is 2.05 bits per heavy atom. The number of thiophene rings is 1. The number of nitrogens with one attached hydrogen (secondary N) is 2. The number of nitrogens with zero attached hydrogens (tertiary/aromatic N) is 1. The summed E-state index contributed by atoms with van der Waals surface area (Å²) < 4.78 is 27.4. The fourth-order valence-corrected chi connectivity index (χ4v) is 4.09. The molecule has 0 fully saturated rings. The van der Waals surface area contributed by atoms with Gasteiger partial charge in [0.25, 0.3) is 10.0 Å². The van der Waals surface area contributed by atoms with Crippen LogP contribution in [0.15, 0.2) is 34.7 Å². The summed E-state index contributed by atoms with van der Waals surface area (Å²) in [5.74, 6) is 0. The van der Waals surface area contributed by atoms with Crippen LogP contribution in [-0.4, -0.2) is 19.9 Å². The van der Waals surface area contributed by atoms with Crippen molar-refractivity contribution in [2.75, 3.05) is 11.3 Å². The number of anilines is 1. The van der Waals surface area contributed by atoms with E-state index in [0.717, 1.165) is 23.5 Å². The largest absolute Gasteiger partial charge is 0.312 e. The van der Waals surface area contributed by atoms with Gasteiger partial charge < -0.3 is 5.32 Å². The lowest BCUT2D eigenvalue weighted by Crippen LogP contribution is -2.13. The highest BCUT2D eigenvalue weighted by Gasteiger charge is 2.17. The van der Waals surface area contributed by atoms with Gasteiger partial charge in [-0.2, -0.15) is 0 Å². The summed E-state index contributed by atoms with van der Waals surface area (Å²) in [4.78, 5) is 5.08. The van der Waals surface area contributed by atoms with Gasteiger partial charge in [-0.15, -0.1) is 11.3 Å². The lowest BCUT2D eigenvalue weighted by Gasteiger charge is -2.05. The third kappa shape index (κ3) is 4.52. The zero-order valence-electron chi connectivity index (χ0n) is 12.1. The lowest BCUT2D eigenvalue weighted by molar-refractivity contribution is 0.603. The van der Waals surface area contributed by atoms with Gasteiger partial charge in [-0.25, -0.2) is 8.42 Å². The van der Waals surface area contributed by atoms with Crippen molar-refractivity contribution in [3.05, 3.63) is 41.0 Å². The van der Waals surface area contributed by atoms with Crippen LogP contribution >= 0.6 is 11.3 Å². The van der Waals surface area contributed by atoms with Crippen LogP contribution in [0.2, 0.25) is 0 Å². The van der Waals surface area contributed by atoms with E-state index in [-0.39, 0.29) is 0 Å². The number of pyridine rings is 1. The molecule has 0 unspecified atom stereocenters. The van der Waals surface area contributed by atoms with Crippen molar-refractivity contribution in [2.45, 2.75) is 31.0 Å². The Bertz CT molecular complexity index is 678. The molecule has 2 aromatic heterocycles. The molecular weight excluding hydrogens is 306 g/mol. The Hall–Kier alpha value is -1.44. The first-order valence-electron chi connectivity index (χ1n) is 6.76. The second-order valence-corrected chi connectivity index (χ2v) is 7.77. The predicted molar refractivity (Wildman–Crippen MR) is 86.1 cm³/mol. The smallest absolute Gasteiger partial charge is 0.271 e. The minimum Gasteiger partial charge on any atom is -0.312 e. The first kappa shape index (κ1) is 15.9. The standard InChI is InChI=1S/C14H19N3O2S2/c1-3-8-15-10-13-6-7-14(20-13)21(18,19)17-12-5-4-11(2)16-9-12/h4-7,9,15,17H,3,8,10H2,1-2H3. The molecule has 0 saturated carbocycles. The van der Waals surface area contributed by atoms with Crippen LogP contribution in [0.25, 0.3) is 0 Å². The van der Waals surface area contributed by atoms with Gasteiger partial charge in [0, 0.05) is 17.1 Å². The SMILES string of the molecule is CCCNCc1ccc(S(=O)(=O)Nc2ccc(C)nc2)s1. The fraction of sp³-hybridized carbons (Fsp3) is 0.357. The van der Waals surface area contributed by atoms with Crippen molar-refractivity contribution in [3.63, 3.8) is 0 Å². The van der Waals surface area contributed by atoms with Gasteiger partial charge in [-0.3, -0.25) is 9.71 Å². The normalized spacial score (nSPS) is 11.5. The van der Waals surface area contributed by atoms with E-state index < -0.39 is 10.0 Å². The van der Waals surface area contributed by atoms with Crippen molar-refractivity contribution in [1.29, 1.82) is 0 Å². The summed E-state index contributed by atoms with van der Waals surface area (Å²) in [6.07, 6.45) is 2.57. The summed E-state index contributed by atoms with van der Waals surface area (Å²) in [5, 5.41) is 3.26. The predicted octanol–water partition coefficient (Wildman–Crippen LogP) is 2.75. The second-order valence-electron chi connectivity index (χ2n) is 4.69. The molecule has 114 valence electrons. The summed E-state index contributed by atoms with van der Waals surface area (Å²) in [5.41, 5.74) is 1.32. The highest BCUT2D eigenvalue weighted by atomic mass is 32.2. The van der Waals surface area contributed by atoms with Crippen LogP contribution in [0.3, 0.4) is 0 Å². The molecule has 2 N–H and O–H groups in total. The zero-order chi connectivity index (χ0) is 15.3. The van der Waals surface area contributed by atoms with Gasteiger partial charge in [0.05, 0.1) is 11.9 Å². The molecule has 5 nitrogen and oxygen atoms in total. The summed E-state index contributed by atoms with van der Waals surface area (Å²) >= 11 is 1.28. The Balaban J connectivity index is 2.07. The number of sulfonamides is 1. The first-order chi connectivity index (χ1) is 10.0. The van der Waals surface area contributed by atoms with E-state index in [9.17, 15) is 8.42 Å². The number of aromatic nitrogens is 1. The van der Waals surface area contributed by atoms with E-state index in [4.69, 9.17) is 0 Å². The van der Waals surface area contributed by atoms with Crippen LogP contribution in [-0.2, 0) is 16.6 Å². The molecule has 0 aromatic carbocycles. The van der Waals surface area contributed by atoms with E-state index >= 15 is 0 Å². The maximum Gasteiger partial charge on any atom is 0.271 e. The van der Waals surface area contributed by atoms with Crippen LogP contribution in [0, 0.1) is 6.92 Å². The minimum atomic E-state index is -3.54. The third-order valence-corrected chi connectivity index (χ3v) is 5.75.